The molecule has 0 bridgehead atoms. The van der Waals surface area contributed by atoms with Crippen LogP contribution in [0.3, 0.4) is 0 Å². The van der Waals surface area contributed by atoms with Crippen molar-refractivity contribution in [1.82, 2.24) is 19.7 Å². The van der Waals surface area contributed by atoms with Gasteiger partial charge < -0.3 is 11.1 Å². The van der Waals surface area contributed by atoms with Crippen molar-refractivity contribution >= 4 is 30.2 Å². The lowest BCUT2D eigenvalue weighted by Crippen LogP contribution is -2.31. The Morgan fingerprint density at radius 1 is 1.31 bits per heavy atom. The van der Waals surface area contributed by atoms with E-state index in [2.05, 4.69) is 27.0 Å². The van der Waals surface area contributed by atoms with Crippen molar-refractivity contribution in [3.63, 3.8) is 0 Å². The van der Waals surface area contributed by atoms with E-state index in [1.807, 2.05) is 20.8 Å². The number of nitrogens with zero attached hydrogens (tertiary/aromatic N) is 4. The van der Waals surface area contributed by atoms with Gasteiger partial charge in [-0.1, -0.05) is 31.6 Å². The number of aromatic nitrogens is 4. The number of hydrogen-bond acceptors (Lipinski definition) is 5. The second kappa shape index (κ2) is 8.40. The first kappa shape index (κ1) is 23.5. The molecule has 0 aliphatic carbocycles. The number of halogens is 3. The molecule has 0 saturated carbocycles. The molecule has 32 heavy (non-hydrogen) atoms. The van der Waals surface area contributed by atoms with Crippen LogP contribution in [0.25, 0.3) is 18.6 Å². The van der Waals surface area contributed by atoms with Crippen LogP contribution in [0.5, 0.6) is 0 Å². The van der Waals surface area contributed by atoms with E-state index >= 15 is 0 Å². The van der Waals surface area contributed by atoms with Gasteiger partial charge in [0.15, 0.2) is 0 Å². The van der Waals surface area contributed by atoms with Gasteiger partial charge in [0.05, 0.1) is 22.0 Å². The Labute approximate surface area is 183 Å². The van der Waals surface area contributed by atoms with Gasteiger partial charge in [-0.15, -0.1) is 0 Å². The third kappa shape index (κ3) is 4.39. The van der Waals surface area contributed by atoms with Crippen molar-refractivity contribution in [3.05, 3.63) is 33.5 Å². The minimum atomic E-state index is -4.32. The predicted molar refractivity (Wildman–Crippen MR) is 118 cm³/mol. The second-order valence-electron chi connectivity index (χ2n) is 8.42. The normalized spacial score (nSPS) is 18.6. The highest BCUT2D eigenvalue weighted by Gasteiger charge is 2.45. The Bertz CT molecular complexity index is 1190. The van der Waals surface area contributed by atoms with Crippen LogP contribution in [0.1, 0.15) is 58.2 Å². The first-order valence-electron chi connectivity index (χ1n) is 10.4. The summed E-state index contributed by atoms with van der Waals surface area (Å²) in [7, 11) is 0. The van der Waals surface area contributed by atoms with E-state index in [1.54, 1.807) is 19.1 Å². The average Bonchev–Trinajstić information content (AvgIpc) is 3.12. The molecule has 2 aromatic heterocycles. The molecule has 3 rings (SSSR count). The quantitative estimate of drug-likeness (QED) is 0.708. The largest absolute Gasteiger partial charge is 0.389 e. The summed E-state index contributed by atoms with van der Waals surface area (Å²) in [5, 5.41) is 7.89. The lowest BCUT2D eigenvalue weighted by atomic mass is 9.80. The van der Waals surface area contributed by atoms with E-state index in [1.165, 1.54) is 4.68 Å². The number of fused-ring (bicyclic) bond motifs is 1. The zero-order valence-electron chi connectivity index (χ0n) is 18.6. The van der Waals surface area contributed by atoms with Crippen LogP contribution in [-0.4, -0.2) is 31.8 Å². The van der Waals surface area contributed by atoms with Gasteiger partial charge in [-0.25, -0.2) is 0 Å². The van der Waals surface area contributed by atoms with Crippen LogP contribution < -0.4 is 21.6 Å². The van der Waals surface area contributed by atoms with Crippen molar-refractivity contribution in [1.29, 1.82) is 0 Å². The summed E-state index contributed by atoms with van der Waals surface area (Å²) in [6, 6.07) is 0. The van der Waals surface area contributed by atoms with Gasteiger partial charge in [-0.05, 0) is 33.3 Å². The Morgan fingerprint density at radius 3 is 2.59 bits per heavy atom. The highest BCUT2D eigenvalue weighted by Crippen LogP contribution is 2.42. The topological polar surface area (TPSA) is 98.7 Å². The molecule has 1 aliphatic heterocycles. The van der Waals surface area contributed by atoms with Gasteiger partial charge in [0.2, 0.25) is 5.91 Å². The number of rotatable bonds is 6. The highest BCUT2D eigenvalue weighted by atomic mass is 19.4. The zero-order valence-corrected chi connectivity index (χ0v) is 18.6. The molecule has 172 valence electrons. The first-order valence-corrected chi connectivity index (χ1v) is 10.4. The molecule has 7 nitrogen and oxygen atoms in total. The Balaban J connectivity index is 2.18. The number of nitrogen functional groups attached to an aromatic ring is 1. The minimum absolute atomic E-state index is 0.0545. The number of aryl methyl sites for hydroxylation is 1. The number of nitrogens with two attached hydrogens (primary N) is 1. The van der Waals surface area contributed by atoms with E-state index in [0.29, 0.717) is 28.4 Å². The van der Waals surface area contributed by atoms with E-state index in [0.717, 1.165) is 12.0 Å². The number of nitrogens with one attached hydrogen (secondary N) is 1. The molecule has 1 aliphatic rings. The SMILES string of the molecule is C=c1c(CCC(F)(F)F)nn(-c2nc(N)c3c(n2)NC(=O)C3(C)CCC)c1=CC=C(C)C. The Kier molecular flexibility index (Phi) is 6.17. The monoisotopic (exact) mass is 448 g/mol. The summed E-state index contributed by atoms with van der Waals surface area (Å²) in [4.78, 5) is 21.5. The second-order valence-corrected chi connectivity index (χ2v) is 8.42. The number of allylic oxidation sites excluding steroid dienone is 2. The third-order valence-corrected chi connectivity index (χ3v) is 5.48. The van der Waals surface area contributed by atoms with Crippen molar-refractivity contribution in [2.24, 2.45) is 0 Å². The Hall–Kier alpha value is -3.17. The molecule has 0 fully saturated rings. The molecule has 0 saturated heterocycles. The smallest absolute Gasteiger partial charge is 0.383 e. The number of carbonyl (C=O) groups is 1. The molecule has 2 aromatic rings. The number of hydrogen-bond donors (Lipinski definition) is 2. The lowest BCUT2D eigenvalue weighted by molar-refractivity contribution is -0.134. The van der Waals surface area contributed by atoms with Gasteiger partial charge in [-0.2, -0.15) is 32.9 Å². The molecule has 1 atom stereocenters. The van der Waals surface area contributed by atoms with Crippen LogP contribution in [0.15, 0.2) is 11.6 Å². The number of carbonyl (C=O) groups excluding carboxylic acids is 1. The first-order chi connectivity index (χ1) is 14.9. The fraction of sp³-hybridized carbons (Fsp3) is 0.455. The molecule has 1 unspecified atom stereocenters. The van der Waals surface area contributed by atoms with E-state index in [9.17, 15) is 18.0 Å². The average molecular weight is 448 g/mol. The van der Waals surface area contributed by atoms with Crippen molar-refractivity contribution in [2.45, 2.75) is 65.0 Å². The van der Waals surface area contributed by atoms with Crippen LogP contribution in [-0.2, 0) is 16.6 Å². The maximum atomic E-state index is 12.8. The molecular formula is C22H27F3N6O. The summed E-state index contributed by atoms with van der Waals surface area (Å²) in [5.41, 5.74) is 7.10. The van der Waals surface area contributed by atoms with Crippen LogP contribution >= 0.6 is 0 Å². The van der Waals surface area contributed by atoms with Gasteiger partial charge in [-0.3, -0.25) is 4.79 Å². The summed E-state index contributed by atoms with van der Waals surface area (Å²) in [5.74, 6) is 0.261. The van der Waals surface area contributed by atoms with E-state index in [4.69, 9.17) is 5.73 Å². The molecule has 3 heterocycles. The summed E-state index contributed by atoms with van der Waals surface area (Å²) in [6.45, 7) is 11.5. The standard InChI is InChI=1S/C22H27F3N6O/c1-6-10-21(5)16-17(26)27-20(29-18(16)28-19(21)32)31-15(8-7-12(2)3)13(4)14(30-31)9-11-22(23,24)25/h7-8H,4,6,9-11H2,1-3,5H3,(H3,26,27,28,29,32). The van der Waals surface area contributed by atoms with Crippen LogP contribution in [0.4, 0.5) is 24.8 Å². The minimum Gasteiger partial charge on any atom is -0.383 e. The molecule has 0 aromatic carbocycles. The molecule has 0 spiro atoms. The maximum Gasteiger partial charge on any atom is 0.389 e. The molecule has 1 amide bonds. The molecule has 3 N–H and O–H groups in total. The van der Waals surface area contributed by atoms with Crippen LogP contribution in [0.2, 0.25) is 0 Å². The summed E-state index contributed by atoms with van der Waals surface area (Å²) in [6.07, 6.45) is -0.822. The molecule has 10 heteroatoms. The maximum absolute atomic E-state index is 12.8. The van der Waals surface area contributed by atoms with Gasteiger partial charge in [0.1, 0.15) is 11.6 Å². The number of anilines is 2. The highest BCUT2D eigenvalue weighted by molar-refractivity contribution is 6.06. The number of alkyl halides is 3. The van der Waals surface area contributed by atoms with Gasteiger partial charge in [0.25, 0.3) is 5.95 Å². The van der Waals surface area contributed by atoms with E-state index in [-0.39, 0.29) is 29.8 Å². The van der Waals surface area contributed by atoms with Crippen molar-refractivity contribution in [3.8, 4) is 5.95 Å². The van der Waals surface area contributed by atoms with Gasteiger partial charge >= 0.3 is 6.18 Å². The molecular weight excluding hydrogens is 421 g/mol. The molecule has 0 radical (unpaired) electrons. The summed E-state index contributed by atoms with van der Waals surface area (Å²) < 4.78 is 39.7. The Morgan fingerprint density at radius 2 is 2.00 bits per heavy atom. The fourth-order valence-electron chi connectivity index (χ4n) is 3.83. The number of amides is 1. The van der Waals surface area contributed by atoms with Crippen molar-refractivity contribution in [2.75, 3.05) is 11.1 Å². The van der Waals surface area contributed by atoms with E-state index < -0.39 is 18.0 Å². The third-order valence-electron chi connectivity index (χ3n) is 5.48. The predicted octanol–water partition coefficient (Wildman–Crippen LogP) is 2.91. The summed E-state index contributed by atoms with van der Waals surface area (Å²) >= 11 is 0. The lowest BCUT2D eigenvalue weighted by Gasteiger charge is -2.21. The van der Waals surface area contributed by atoms with Crippen LogP contribution in [0, 0.1) is 0 Å². The van der Waals surface area contributed by atoms with Crippen molar-refractivity contribution < 1.29 is 18.0 Å². The zero-order chi connectivity index (χ0) is 23.8. The van der Waals surface area contributed by atoms with Gasteiger partial charge in [0, 0.05) is 18.1 Å². The fourth-order valence-corrected chi connectivity index (χ4v) is 3.83.